The third-order valence-electron chi connectivity index (χ3n) is 6.21. The molecule has 5 heteroatoms. The molecule has 0 amide bonds. The zero-order valence-corrected chi connectivity index (χ0v) is 18.1. The van der Waals surface area contributed by atoms with Gasteiger partial charge in [-0.05, 0) is 41.9 Å². The van der Waals surface area contributed by atoms with E-state index < -0.39 is 0 Å². The number of hydrogen-bond donors (Lipinski definition) is 1. The molecule has 0 unspecified atom stereocenters. The van der Waals surface area contributed by atoms with Gasteiger partial charge in [-0.15, -0.1) is 0 Å². The van der Waals surface area contributed by atoms with Crippen molar-refractivity contribution >= 4 is 11.9 Å². The molecule has 3 aromatic carbocycles. The predicted molar refractivity (Wildman–Crippen MR) is 126 cm³/mol. The molecule has 1 saturated heterocycles. The van der Waals surface area contributed by atoms with Crippen LogP contribution in [-0.4, -0.2) is 53.9 Å². The topological polar surface area (TPSA) is 53.0 Å². The summed E-state index contributed by atoms with van der Waals surface area (Å²) < 4.78 is 6.03. The molecule has 32 heavy (non-hydrogen) atoms. The standard InChI is InChI=1S/C27H26N2O3/c1-28-13-15-29(16-14-28)18-23-24(30)12-11-22-26(31)25(32-27(22)23)17-19-7-9-21(10-8-19)20-5-3-2-4-6-20/h2-12,17,30H,13-16,18H2,1H3/b25-17-. The first kappa shape index (κ1) is 20.5. The third-order valence-corrected chi connectivity index (χ3v) is 6.21. The molecule has 2 aliphatic rings. The van der Waals surface area contributed by atoms with Crippen molar-refractivity contribution < 1.29 is 14.6 Å². The number of phenols is 1. The van der Waals surface area contributed by atoms with Gasteiger partial charge in [0, 0.05) is 32.7 Å². The maximum Gasteiger partial charge on any atom is 0.231 e. The first-order valence-corrected chi connectivity index (χ1v) is 10.9. The van der Waals surface area contributed by atoms with Gasteiger partial charge in [0.25, 0.3) is 0 Å². The number of fused-ring (bicyclic) bond motifs is 1. The van der Waals surface area contributed by atoms with Crippen molar-refractivity contribution in [3.8, 4) is 22.6 Å². The maximum absolute atomic E-state index is 13.0. The van der Waals surface area contributed by atoms with E-state index in [1.54, 1.807) is 18.2 Å². The van der Waals surface area contributed by atoms with Crippen molar-refractivity contribution in [2.75, 3.05) is 33.2 Å². The van der Waals surface area contributed by atoms with Crippen LogP contribution >= 0.6 is 0 Å². The molecule has 0 radical (unpaired) electrons. The number of hydrogen-bond acceptors (Lipinski definition) is 5. The number of rotatable bonds is 4. The van der Waals surface area contributed by atoms with Crippen molar-refractivity contribution in [2.45, 2.75) is 6.54 Å². The van der Waals surface area contributed by atoms with Gasteiger partial charge in [0.05, 0.1) is 11.1 Å². The van der Waals surface area contributed by atoms with Crippen LogP contribution in [0.5, 0.6) is 11.5 Å². The minimum absolute atomic E-state index is 0.147. The molecule has 3 aromatic rings. The number of likely N-dealkylation sites (N-methyl/N-ethyl adjacent to an activating group) is 1. The molecule has 0 aromatic heterocycles. The lowest BCUT2D eigenvalue weighted by atomic mass is 10.0. The van der Waals surface area contributed by atoms with Crippen molar-refractivity contribution in [3.63, 3.8) is 0 Å². The summed E-state index contributed by atoms with van der Waals surface area (Å²) in [5, 5.41) is 10.5. The van der Waals surface area contributed by atoms with E-state index in [2.05, 4.69) is 29.0 Å². The van der Waals surface area contributed by atoms with E-state index in [4.69, 9.17) is 4.74 Å². The van der Waals surface area contributed by atoms with Crippen LogP contribution in [0.15, 0.2) is 72.5 Å². The lowest BCUT2D eigenvalue weighted by Crippen LogP contribution is -2.43. The molecule has 0 atom stereocenters. The van der Waals surface area contributed by atoms with E-state index in [-0.39, 0.29) is 17.3 Å². The Hall–Kier alpha value is -3.41. The Balaban J connectivity index is 1.38. The fourth-order valence-corrected chi connectivity index (χ4v) is 4.23. The molecule has 1 N–H and O–H groups in total. The van der Waals surface area contributed by atoms with Crippen LogP contribution < -0.4 is 4.74 Å². The second kappa shape index (κ2) is 8.61. The summed E-state index contributed by atoms with van der Waals surface area (Å²) in [5.41, 5.74) is 4.36. The molecular formula is C27H26N2O3. The van der Waals surface area contributed by atoms with Crippen molar-refractivity contribution in [1.29, 1.82) is 0 Å². The minimum atomic E-state index is -0.147. The number of phenolic OH excluding ortho intramolecular Hbond substituents is 1. The monoisotopic (exact) mass is 426 g/mol. The molecule has 0 saturated carbocycles. The highest BCUT2D eigenvalue weighted by molar-refractivity contribution is 6.15. The van der Waals surface area contributed by atoms with Gasteiger partial charge in [0.2, 0.25) is 5.78 Å². The van der Waals surface area contributed by atoms with Gasteiger partial charge < -0.3 is 14.7 Å². The van der Waals surface area contributed by atoms with Gasteiger partial charge in [-0.1, -0.05) is 54.6 Å². The number of Topliss-reactive ketones (excluding diaryl/α,β-unsaturated/α-hetero) is 1. The number of aromatic hydroxyl groups is 1. The Morgan fingerprint density at radius 3 is 2.31 bits per heavy atom. The number of benzene rings is 3. The largest absolute Gasteiger partial charge is 0.507 e. The summed E-state index contributed by atoms with van der Waals surface area (Å²) >= 11 is 0. The molecular weight excluding hydrogens is 400 g/mol. The molecule has 0 bridgehead atoms. The Morgan fingerprint density at radius 1 is 0.906 bits per heavy atom. The Morgan fingerprint density at radius 2 is 1.59 bits per heavy atom. The number of carbonyl (C=O) groups excluding carboxylic acids is 1. The fourth-order valence-electron chi connectivity index (χ4n) is 4.23. The Kier molecular flexibility index (Phi) is 5.52. The number of ketones is 1. The van der Waals surface area contributed by atoms with Crippen LogP contribution in [0.3, 0.4) is 0 Å². The van der Waals surface area contributed by atoms with Gasteiger partial charge in [0.1, 0.15) is 11.5 Å². The number of piperazine rings is 1. The van der Waals surface area contributed by atoms with Crippen molar-refractivity contribution in [3.05, 3.63) is 89.2 Å². The summed E-state index contributed by atoms with van der Waals surface area (Å²) in [6, 6.07) is 21.5. The second-order valence-corrected chi connectivity index (χ2v) is 8.45. The van der Waals surface area contributed by atoms with Crippen molar-refractivity contribution in [2.24, 2.45) is 0 Å². The number of allylic oxidation sites excluding steroid dienone is 1. The van der Waals surface area contributed by atoms with Gasteiger partial charge in [-0.25, -0.2) is 0 Å². The van der Waals surface area contributed by atoms with Crippen LogP contribution in [0.25, 0.3) is 17.2 Å². The van der Waals surface area contributed by atoms with Gasteiger partial charge >= 0.3 is 0 Å². The smallest absolute Gasteiger partial charge is 0.231 e. The summed E-state index contributed by atoms with van der Waals surface area (Å²) in [5.74, 6) is 0.800. The van der Waals surface area contributed by atoms with E-state index in [1.165, 1.54) is 0 Å². The van der Waals surface area contributed by atoms with Crippen LogP contribution in [0.1, 0.15) is 21.5 Å². The fraction of sp³-hybridized carbons (Fsp3) is 0.222. The van der Waals surface area contributed by atoms with Gasteiger partial charge in [0.15, 0.2) is 5.76 Å². The molecule has 2 heterocycles. The highest BCUT2D eigenvalue weighted by Crippen LogP contribution is 2.40. The van der Waals surface area contributed by atoms with Gasteiger partial charge in [-0.3, -0.25) is 9.69 Å². The highest BCUT2D eigenvalue weighted by Gasteiger charge is 2.32. The van der Waals surface area contributed by atoms with E-state index in [9.17, 15) is 9.90 Å². The molecule has 162 valence electrons. The van der Waals surface area contributed by atoms with E-state index >= 15 is 0 Å². The number of ether oxygens (including phenoxy) is 1. The summed E-state index contributed by atoms with van der Waals surface area (Å²) in [4.78, 5) is 17.6. The zero-order valence-electron chi connectivity index (χ0n) is 18.1. The average Bonchev–Trinajstić information content (AvgIpc) is 3.13. The summed E-state index contributed by atoms with van der Waals surface area (Å²) in [6.45, 7) is 4.38. The van der Waals surface area contributed by atoms with E-state index in [0.717, 1.165) is 42.9 Å². The highest BCUT2D eigenvalue weighted by atomic mass is 16.5. The normalized spacial score (nSPS) is 18.0. The third kappa shape index (κ3) is 4.05. The van der Waals surface area contributed by atoms with E-state index in [1.807, 2.05) is 42.5 Å². The zero-order chi connectivity index (χ0) is 22.1. The molecule has 0 aliphatic carbocycles. The number of carbonyl (C=O) groups is 1. The van der Waals surface area contributed by atoms with Crippen LogP contribution in [0.2, 0.25) is 0 Å². The van der Waals surface area contributed by atoms with Crippen LogP contribution in [0.4, 0.5) is 0 Å². The lowest BCUT2D eigenvalue weighted by molar-refractivity contribution is 0.101. The molecule has 0 spiro atoms. The van der Waals surface area contributed by atoms with Crippen LogP contribution in [-0.2, 0) is 6.54 Å². The summed E-state index contributed by atoms with van der Waals surface area (Å²) in [7, 11) is 2.11. The van der Waals surface area contributed by atoms with E-state index in [0.29, 0.717) is 23.4 Å². The Labute approximate surface area is 188 Å². The quantitative estimate of drug-likeness (QED) is 0.626. The van der Waals surface area contributed by atoms with Gasteiger partial charge in [-0.2, -0.15) is 0 Å². The molecule has 5 nitrogen and oxygen atoms in total. The Bertz CT molecular complexity index is 1160. The van der Waals surface area contributed by atoms with Crippen molar-refractivity contribution in [1.82, 2.24) is 9.80 Å². The second-order valence-electron chi connectivity index (χ2n) is 8.45. The first-order chi connectivity index (χ1) is 15.6. The molecule has 1 fully saturated rings. The SMILES string of the molecule is CN1CCN(Cc2c(O)ccc3c2O/C(=C\c2ccc(-c4ccccc4)cc2)C3=O)CC1. The predicted octanol–water partition coefficient (Wildman–Crippen LogP) is 4.42. The summed E-state index contributed by atoms with van der Waals surface area (Å²) in [6.07, 6.45) is 1.77. The first-order valence-electron chi connectivity index (χ1n) is 10.9. The molecule has 2 aliphatic heterocycles. The average molecular weight is 427 g/mol. The molecule has 5 rings (SSSR count). The maximum atomic E-state index is 13.0. The lowest BCUT2D eigenvalue weighted by Gasteiger charge is -2.32. The van der Waals surface area contributed by atoms with Crippen LogP contribution in [0, 0.1) is 0 Å². The number of nitrogens with zero attached hydrogens (tertiary/aromatic N) is 2. The minimum Gasteiger partial charge on any atom is -0.507 e.